The lowest BCUT2D eigenvalue weighted by Gasteiger charge is -2.09. The second kappa shape index (κ2) is 7.31. The molecular weight excluding hydrogens is 354 g/mol. The van der Waals surface area contributed by atoms with Gasteiger partial charge < -0.3 is 5.32 Å². The number of halogens is 1. The van der Waals surface area contributed by atoms with Gasteiger partial charge in [0.1, 0.15) is 0 Å². The highest BCUT2D eigenvalue weighted by Crippen LogP contribution is 2.24. The molecule has 0 saturated carbocycles. The number of pyridine rings is 1. The number of rotatable bonds is 7. The first-order valence-electron chi connectivity index (χ1n) is 6.73. The molecule has 2 rings (SSSR count). The topological polar surface area (TPSA) is 71.1 Å². The van der Waals surface area contributed by atoms with E-state index >= 15 is 0 Å². The number of nitrogens with zero attached hydrogens (tertiary/aromatic N) is 1. The summed E-state index contributed by atoms with van der Waals surface area (Å²) in [6, 6.07) is 7.88. The summed E-state index contributed by atoms with van der Waals surface area (Å²) in [4.78, 5) is 4.40. The molecule has 2 aromatic rings. The van der Waals surface area contributed by atoms with Gasteiger partial charge in [0.2, 0.25) is 10.0 Å². The Hall–Kier alpha value is -1.02. The molecule has 0 aliphatic carbocycles. The Morgan fingerprint density at radius 1 is 1.29 bits per heavy atom. The average molecular weight is 372 g/mol. The van der Waals surface area contributed by atoms with Gasteiger partial charge in [-0.1, -0.05) is 35.0 Å². The predicted molar refractivity (Wildman–Crippen MR) is 88.6 cm³/mol. The van der Waals surface area contributed by atoms with Gasteiger partial charge in [-0.25, -0.2) is 13.1 Å². The van der Waals surface area contributed by atoms with Gasteiger partial charge in [0, 0.05) is 35.7 Å². The SMILES string of the molecule is CCNS(=O)(=O)CCNCc1ccc(Br)c2cccnc12. The molecule has 0 saturated heterocycles. The zero-order valence-corrected chi connectivity index (χ0v) is 14.2. The summed E-state index contributed by atoms with van der Waals surface area (Å²) in [6.45, 7) is 3.18. The first-order chi connectivity index (χ1) is 10.0. The maximum absolute atomic E-state index is 11.5. The van der Waals surface area contributed by atoms with Crippen LogP contribution in [0.4, 0.5) is 0 Å². The Labute approximate surface area is 133 Å². The molecule has 7 heteroatoms. The molecule has 0 aliphatic rings. The van der Waals surface area contributed by atoms with E-state index in [1.54, 1.807) is 13.1 Å². The highest BCUT2D eigenvalue weighted by atomic mass is 79.9. The first kappa shape index (κ1) is 16.4. The maximum Gasteiger partial charge on any atom is 0.212 e. The average Bonchev–Trinajstić information content (AvgIpc) is 2.46. The van der Waals surface area contributed by atoms with Crippen molar-refractivity contribution < 1.29 is 8.42 Å². The minimum atomic E-state index is -3.17. The van der Waals surface area contributed by atoms with Gasteiger partial charge >= 0.3 is 0 Å². The van der Waals surface area contributed by atoms with Crippen molar-refractivity contribution in [1.29, 1.82) is 0 Å². The molecule has 114 valence electrons. The van der Waals surface area contributed by atoms with Gasteiger partial charge in [0.15, 0.2) is 0 Å². The van der Waals surface area contributed by atoms with E-state index in [1.807, 2.05) is 24.3 Å². The number of benzene rings is 1. The molecule has 0 spiro atoms. The molecule has 1 aromatic heterocycles. The number of nitrogens with one attached hydrogen (secondary N) is 2. The quantitative estimate of drug-likeness (QED) is 0.730. The molecule has 0 amide bonds. The van der Waals surface area contributed by atoms with Crippen LogP contribution in [0, 0.1) is 0 Å². The molecule has 0 radical (unpaired) electrons. The fraction of sp³-hybridized carbons (Fsp3) is 0.357. The number of aromatic nitrogens is 1. The number of hydrogen-bond donors (Lipinski definition) is 2. The lowest BCUT2D eigenvalue weighted by atomic mass is 10.1. The normalized spacial score (nSPS) is 11.9. The molecule has 0 unspecified atom stereocenters. The van der Waals surface area contributed by atoms with Crippen LogP contribution in [0.3, 0.4) is 0 Å². The highest BCUT2D eigenvalue weighted by Gasteiger charge is 2.08. The summed E-state index contributed by atoms with van der Waals surface area (Å²) in [5, 5.41) is 4.21. The maximum atomic E-state index is 11.5. The van der Waals surface area contributed by atoms with Gasteiger partial charge in [0.25, 0.3) is 0 Å². The van der Waals surface area contributed by atoms with E-state index in [1.165, 1.54) is 0 Å². The van der Waals surface area contributed by atoms with Crippen molar-refractivity contribution in [2.24, 2.45) is 0 Å². The van der Waals surface area contributed by atoms with Crippen LogP contribution >= 0.6 is 15.9 Å². The van der Waals surface area contributed by atoms with E-state index in [2.05, 4.69) is 31.0 Å². The Bertz CT molecular complexity index is 719. The van der Waals surface area contributed by atoms with Crippen LogP contribution in [0.2, 0.25) is 0 Å². The van der Waals surface area contributed by atoms with Crippen LogP contribution in [-0.2, 0) is 16.6 Å². The predicted octanol–water partition coefficient (Wildman–Crippen LogP) is 2.03. The monoisotopic (exact) mass is 371 g/mol. The smallest absolute Gasteiger partial charge is 0.212 e. The minimum absolute atomic E-state index is 0.0722. The van der Waals surface area contributed by atoms with Crippen molar-refractivity contribution in [2.75, 3.05) is 18.8 Å². The molecule has 5 nitrogen and oxygen atoms in total. The van der Waals surface area contributed by atoms with Crippen molar-refractivity contribution in [3.8, 4) is 0 Å². The van der Waals surface area contributed by atoms with Gasteiger partial charge in [-0.05, 0) is 17.7 Å². The van der Waals surface area contributed by atoms with E-state index < -0.39 is 10.0 Å². The number of sulfonamides is 1. The van der Waals surface area contributed by atoms with Gasteiger partial charge in [-0.15, -0.1) is 0 Å². The molecule has 21 heavy (non-hydrogen) atoms. The first-order valence-corrected chi connectivity index (χ1v) is 9.18. The summed E-state index contributed by atoms with van der Waals surface area (Å²) in [6.07, 6.45) is 1.76. The third kappa shape index (κ3) is 4.47. The van der Waals surface area contributed by atoms with Crippen molar-refractivity contribution in [3.63, 3.8) is 0 Å². The number of hydrogen-bond acceptors (Lipinski definition) is 4. The van der Waals surface area contributed by atoms with Crippen molar-refractivity contribution in [1.82, 2.24) is 15.0 Å². The molecule has 2 N–H and O–H groups in total. The zero-order chi connectivity index (χ0) is 15.3. The van der Waals surface area contributed by atoms with Crippen LogP contribution in [0.5, 0.6) is 0 Å². The summed E-state index contributed by atoms with van der Waals surface area (Å²) in [7, 11) is -3.17. The third-order valence-corrected chi connectivity index (χ3v) is 5.19. The van der Waals surface area contributed by atoms with Crippen molar-refractivity contribution >= 4 is 36.9 Å². The van der Waals surface area contributed by atoms with Crippen LogP contribution in [0.25, 0.3) is 10.9 Å². The van der Waals surface area contributed by atoms with E-state index in [-0.39, 0.29) is 5.75 Å². The van der Waals surface area contributed by atoms with E-state index in [4.69, 9.17) is 0 Å². The van der Waals surface area contributed by atoms with E-state index in [0.717, 1.165) is 20.9 Å². The highest BCUT2D eigenvalue weighted by molar-refractivity contribution is 9.10. The molecule has 0 fully saturated rings. The van der Waals surface area contributed by atoms with Gasteiger partial charge in [0.05, 0.1) is 11.3 Å². The summed E-state index contributed by atoms with van der Waals surface area (Å²) in [5.74, 6) is 0.0722. The number of fused-ring (bicyclic) bond motifs is 1. The van der Waals surface area contributed by atoms with Crippen molar-refractivity contribution in [2.45, 2.75) is 13.5 Å². The lowest BCUT2D eigenvalue weighted by molar-refractivity contribution is 0.579. The van der Waals surface area contributed by atoms with Crippen LogP contribution < -0.4 is 10.0 Å². The largest absolute Gasteiger partial charge is 0.312 e. The van der Waals surface area contributed by atoms with Crippen LogP contribution in [-0.4, -0.2) is 32.2 Å². The van der Waals surface area contributed by atoms with Crippen molar-refractivity contribution in [3.05, 3.63) is 40.5 Å². The molecule has 0 atom stereocenters. The standard InChI is InChI=1S/C14H18BrN3O2S/c1-2-18-21(19,20)9-8-16-10-11-5-6-13(15)12-4-3-7-17-14(11)12/h3-7,16,18H,2,8-10H2,1H3. The Morgan fingerprint density at radius 2 is 2.10 bits per heavy atom. The Morgan fingerprint density at radius 3 is 2.86 bits per heavy atom. The lowest BCUT2D eigenvalue weighted by Crippen LogP contribution is -2.31. The summed E-state index contributed by atoms with van der Waals surface area (Å²) < 4.78 is 26.5. The molecule has 0 bridgehead atoms. The fourth-order valence-electron chi connectivity index (χ4n) is 2.06. The molecule has 0 aliphatic heterocycles. The van der Waals surface area contributed by atoms with Crippen LogP contribution in [0.1, 0.15) is 12.5 Å². The third-order valence-electron chi connectivity index (χ3n) is 3.03. The zero-order valence-electron chi connectivity index (χ0n) is 11.8. The van der Waals surface area contributed by atoms with Crippen LogP contribution in [0.15, 0.2) is 34.9 Å². The fourth-order valence-corrected chi connectivity index (χ4v) is 3.51. The summed E-state index contributed by atoms with van der Waals surface area (Å²) >= 11 is 3.51. The summed E-state index contributed by atoms with van der Waals surface area (Å²) in [5.41, 5.74) is 1.98. The Kier molecular flexibility index (Phi) is 5.69. The van der Waals surface area contributed by atoms with Gasteiger partial charge in [-0.2, -0.15) is 0 Å². The van der Waals surface area contributed by atoms with Gasteiger partial charge in [-0.3, -0.25) is 4.98 Å². The molecule has 1 heterocycles. The second-order valence-corrected chi connectivity index (χ2v) is 7.38. The molecule has 1 aromatic carbocycles. The van der Waals surface area contributed by atoms with E-state index in [0.29, 0.717) is 19.6 Å². The van der Waals surface area contributed by atoms with E-state index in [9.17, 15) is 8.42 Å². The molecular formula is C14H18BrN3O2S. The minimum Gasteiger partial charge on any atom is -0.312 e. The second-order valence-electron chi connectivity index (χ2n) is 4.60. The Balaban J connectivity index is 2.00.